The van der Waals surface area contributed by atoms with E-state index in [2.05, 4.69) is 5.32 Å². The fraction of sp³-hybridized carbons (Fsp3) is 0.923. The van der Waals surface area contributed by atoms with Gasteiger partial charge >= 0.3 is 0 Å². The second-order valence-electron chi connectivity index (χ2n) is 4.74. The van der Waals surface area contributed by atoms with Crippen LogP contribution >= 0.6 is 0 Å². The molecule has 0 spiro atoms. The van der Waals surface area contributed by atoms with E-state index < -0.39 is 0 Å². The molecule has 1 aliphatic heterocycles. The summed E-state index contributed by atoms with van der Waals surface area (Å²) in [5, 5.41) is 3.35. The SMILES string of the molecule is CCOCCN(C)C(=O)CCC1CCNCC1. The highest BCUT2D eigenvalue weighted by Gasteiger charge is 2.15. The Morgan fingerprint density at radius 3 is 2.76 bits per heavy atom. The second kappa shape index (κ2) is 8.48. The molecule has 0 bridgehead atoms. The molecular formula is C13H26N2O2. The lowest BCUT2D eigenvalue weighted by Gasteiger charge is -2.23. The number of carbonyl (C=O) groups is 1. The van der Waals surface area contributed by atoms with Gasteiger partial charge in [-0.25, -0.2) is 0 Å². The molecule has 0 aromatic rings. The molecule has 1 fully saturated rings. The fourth-order valence-corrected chi connectivity index (χ4v) is 2.16. The van der Waals surface area contributed by atoms with Gasteiger partial charge in [-0.1, -0.05) is 0 Å². The van der Waals surface area contributed by atoms with E-state index >= 15 is 0 Å². The van der Waals surface area contributed by atoms with E-state index in [1.165, 1.54) is 12.8 Å². The van der Waals surface area contributed by atoms with Gasteiger partial charge in [0.2, 0.25) is 5.91 Å². The summed E-state index contributed by atoms with van der Waals surface area (Å²) < 4.78 is 5.25. The molecule has 1 heterocycles. The van der Waals surface area contributed by atoms with Crippen LogP contribution in [0, 0.1) is 5.92 Å². The largest absolute Gasteiger partial charge is 0.380 e. The number of nitrogens with zero attached hydrogens (tertiary/aromatic N) is 1. The number of carbonyl (C=O) groups excluding carboxylic acids is 1. The lowest BCUT2D eigenvalue weighted by Crippen LogP contribution is -2.32. The zero-order valence-corrected chi connectivity index (χ0v) is 11.2. The van der Waals surface area contributed by atoms with Crippen molar-refractivity contribution in [3.63, 3.8) is 0 Å². The third-order valence-electron chi connectivity index (χ3n) is 3.43. The Kier molecular flexibility index (Phi) is 7.21. The third-order valence-corrected chi connectivity index (χ3v) is 3.43. The zero-order chi connectivity index (χ0) is 12.5. The summed E-state index contributed by atoms with van der Waals surface area (Å²) in [5.74, 6) is 0.990. The van der Waals surface area contributed by atoms with E-state index in [9.17, 15) is 4.79 Å². The maximum Gasteiger partial charge on any atom is 0.222 e. The molecule has 0 atom stereocenters. The smallest absolute Gasteiger partial charge is 0.222 e. The van der Waals surface area contributed by atoms with Crippen molar-refractivity contribution in [3.05, 3.63) is 0 Å². The van der Waals surface area contributed by atoms with Crippen molar-refractivity contribution in [2.24, 2.45) is 5.92 Å². The minimum Gasteiger partial charge on any atom is -0.380 e. The Balaban J connectivity index is 2.10. The number of hydrogen-bond acceptors (Lipinski definition) is 3. The number of piperidine rings is 1. The van der Waals surface area contributed by atoms with E-state index in [0.29, 0.717) is 19.6 Å². The van der Waals surface area contributed by atoms with Crippen molar-refractivity contribution in [3.8, 4) is 0 Å². The monoisotopic (exact) mass is 242 g/mol. The van der Waals surface area contributed by atoms with Gasteiger partial charge in [-0.15, -0.1) is 0 Å². The molecule has 0 radical (unpaired) electrons. The summed E-state index contributed by atoms with van der Waals surface area (Å²) in [6.07, 6.45) is 4.17. The summed E-state index contributed by atoms with van der Waals surface area (Å²) in [6, 6.07) is 0. The van der Waals surface area contributed by atoms with Crippen LogP contribution in [0.5, 0.6) is 0 Å². The van der Waals surface area contributed by atoms with Gasteiger partial charge in [0.25, 0.3) is 0 Å². The molecule has 100 valence electrons. The van der Waals surface area contributed by atoms with Crippen LogP contribution in [-0.4, -0.2) is 50.7 Å². The van der Waals surface area contributed by atoms with Crippen LogP contribution in [0.3, 0.4) is 0 Å². The quantitative estimate of drug-likeness (QED) is 0.683. The lowest BCUT2D eigenvalue weighted by molar-refractivity contribution is -0.130. The molecule has 4 heteroatoms. The van der Waals surface area contributed by atoms with Gasteiger partial charge in [-0.3, -0.25) is 4.79 Å². The van der Waals surface area contributed by atoms with Crippen molar-refractivity contribution < 1.29 is 9.53 Å². The molecule has 4 nitrogen and oxygen atoms in total. The number of nitrogens with one attached hydrogen (secondary N) is 1. The minimum atomic E-state index is 0.253. The molecule has 1 rings (SSSR count). The molecule has 1 amide bonds. The summed E-state index contributed by atoms with van der Waals surface area (Å²) in [7, 11) is 1.86. The summed E-state index contributed by atoms with van der Waals surface area (Å²) in [4.78, 5) is 13.6. The number of likely N-dealkylation sites (N-methyl/N-ethyl adjacent to an activating group) is 1. The highest BCUT2D eigenvalue weighted by molar-refractivity contribution is 5.75. The van der Waals surface area contributed by atoms with Crippen LogP contribution in [-0.2, 0) is 9.53 Å². The van der Waals surface area contributed by atoms with Gasteiger partial charge in [-0.2, -0.15) is 0 Å². The second-order valence-corrected chi connectivity index (χ2v) is 4.74. The van der Waals surface area contributed by atoms with Gasteiger partial charge in [0.05, 0.1) is 6.61 Å². The molecule has 17 heavy (non-hydrogen) atoms. The molecular weight excluding hydrogens is 216 g/mol. The zero-order valence-electron chi connectivity index (χ0n) is 11.2. The van der Waals surface area contributed by atoms with E-state index in [4.69, 9.17) is 4.74 Å². The summed E-state index contributed by atoms with van der Waals surface area (Å²) >= 11 is 0. The predicted molar refractivity (Wildman–Crippen MR) is 69.0 cm³/mol. The standard InChI is InChI=1S/C13H26N2O2/c1-3-17-11-10-15(2)13(16)5-4-12-6-8-14-9-7-12/h12,14H,3-11H2,1-2H3. The number of hydrogen-bond donors (Lipinski definition) is 1. The van der Waals surface area contributed by atoms with Crippen molar-refractivity contribution >= 4 is 5.91 Å². The van der Waals surface area contributed by atoms with Crippen LogP contribution < -0.4 is 5.32 Å². The van der Waals surface area contributed by atoms with Gasteiger partial charge in [0.1, 0.15) is 0 Å². The first-order chi connectivity index (χ1) is 8.24. The molecule has 0 saturated carbocycles. The highest BCUT2D eigenvalue weighted by atomic mass is 16.5. The average molecular weight is 242 g/mol. The summed E-state index contributed by atoms with van der Waals surface area (Å²) in [5.41, 5.74) is 0. The van der Waals surface area contributed by atoms with Gasteiger partial charge in [0.15, 0.2) is 0 Å². The molecule has 0 aromatic carbocycles. The van der Waals surface area contributed by atoms with Crippen LogP contribution in [0.4, 0.5) is 0 Å². The highest BCUT2D eigenvalue weighted by Crippen LogP contribution is 2.18. The third kappa shape index (κ3) is 6.03. The van der Waals surface area contributed by atoms with Gasteiger partial charge < -0.3 is 15.0 Å². The van der Waals surface area contributed by atoms with Gasteiger partial charge in [-0.05, 0) is 45.2 Å². The van der Waals surface area contributed by atoms with E-state index in [1.807, 2.05) is 14.0 Å². The lowest BCUT2D eigenvalue weighted by atomic mass is 9.93. The Morgan fingerprint density at radius 2 is 2.12 bits per heavy atom. The molecule has 1 N–H and O–H groups in total. The van der Waals surface area contributed by atoms with E-state index in [0.717, 1.165) is 32.0 Å². The first kappa shape index (κ1) is 14.5. The molecule has 0 aromatic heterocycles. The Labute approximate surface area is 105 Å². The topological polar surface area (TPSA) is 41.6 Å². The maximum atomic E-state index is 11.8. The van der Waals surface area contributed by atoms with Crippen LogP contribution in [0.15, 0.2) is 0 Å². The number of amides is 1. The predicted octanol–water partition coefficient (Wildman–Crippen LogP) is 1.26. The first-order valence-corrected chi connectivity index (χ1v) is 6.76. The van der Waals surface area contributed by atoms with Crippen molar-refractivity contribution in [1.29, 1.82) is 0 Å². The Hall–Kier alpha value is -0.610. The van der Waals surface area contributed by atoms with Gasteiger partial charge in [0, 0.05) is 26.6 Å². The molecule has 0 aliphatic carbocycles. The van der Waals surface area contributed by atoms with E-state index in [1.54, 1.807) is 4.90 Å². The number of rotatable bonds is 7. The normalized spacial score (nSPS) is 17.1. The minimum absolute atomic E-state index is 0.253. The average Bonchev–Trinajstić information content (AvgIpc) is 2.37. The first-order valence-electron chi connectivity index (χ1n) is 6.76. The molecule has 1 aliphatic rings. The van der Waals surface area contributed by atoms with Crippen LogP contribution in [0.25, 0.3) is 0 Å². The fourth-order valence-electron chi connectivity index (χ4n) is 2.16. The Bertz CT molecular complexity index is 215. The maximum absolute atomic E-state index is 11.8. The molecule has 0 unspecified atom stereocenters. The summed E-state index contributed by atoms with van der Waals surface area (Å²) in [6.45, 7) is 6.26. The van der Waals surface area contributed by atoms with Crippen molar-refractivity contribution in [2.45, 2.75) is 32.6 Å². The van der Waals surface area contributed by atoms with E-state index in [-0.39, 0.29) is 5.91 Å². The molecule has 1 saturated heterocycles. The van der Waals surface area contributed by atoms with Crippen molar-refractivity contribution in [1.82, 2.24) is 10.2 Å². The van der Waals surface area contributed by atoms with Crippen LogP contribution in [0.2, 0.25) is 0 Å². The van der Waals surface area contributed by atoms with Crippen molar-refractivity contribution in [2.75, 3.05) is 39.9 Å². The number of ether oxygens (including phenoxy) is 1. The van der Waals surface area contributed by atoms with Crippen LogP contribution in [0.1, 0.15) is 32.6 Å². The Morgan fingerprint density at radius 1 is 1.41 bits per heavy atom.